The summed E-state index contributed by atoms with van der Waals surface area (Å²) >= 11 is 0. The molecule has 0 amide bonds. The number of methoxy groups -OCH3 is 1. The molecule has 106 valence electrons. The van der Waals surface area contributed by atoms with Crippen molar-refractivity contribution in [1.29, 1.82) is 0 Å². The summed E-state index contributed by atoms with van der Waals surface area (Å²) in [5, 5.41) is 3.17. The van der Waals surface area contributed by atoms with E-state index in [9.17, 15) is 13.2 Å². The summed E-state index contributed by atoms with van der Waals surface area (Å²) < 4.78 is 43.3. The van der Waals surface area contributed by atoms with Crippen LogP contribution in [0.25, 0.3) is 0 Å². The second kappa shape index (κ2) is 5.82. The third kappa shape index (κ3) is 3.62. The van der Waals surface area contributed by atoms with Crippen molar-refractivity contribution in [2.24, 2.45) is 0 Å². The minimum absolute atomic E-state index is 0.0725. The molecule has 1 fully saturated rings. The maximum absolute atomic E-state index is 12.6. The largest absolute Gasteiger partial charge is 0.416 e. The molecular formula is C14H18F3NO. The first-order valence-corrected chi connectivity index (χ1v) is 6.47. The molecule has 1 aromatic carbocycles. The van der Waals surface area contributed by atoms with Crippen molar-refractivity contribution in [1.82, 2.24) is 0 Å². The fraction of sp³-hybridized carbons (Fsp3) is 0.571. The Hall–Kier alpha value is -1.23. The van der Waals surface area contributed by atoms with Crippen LogP contribution in [0.2, 0.25) is 0 Å². The Kier molecular flexibility index (Phi) is 4.34. The van der Waals surface area contributed by atoms with Crippen LogP contribution in [0.1, 0.15) is 31.2 Å². The molecule has 19 heavy (non-hydrogen) atoms. The Bertz CT molecular complexity index is 419. The molecule has 1 aliphatic rings. The third-order valence-electron chi connectivity index (χ3n) is 3.55. The zero-order chi connectivity index (χ0) is 13.9. The van der Waals surface area contributed by atoms with Gasteiger partial charge in [0.15, 0.2) is 0 Å². The predicted octanol–water partition coefficient (Wildman–Crippen LogP) is 4.07. The van der Waals surface area contributed by atoms with E-state index in [1.54, 1.807) is 13.2 Å². The average molecular weight is 273 g/mol. The highest BCUT2D eigenvalue weighted by Crippen LogP contribution is 2.31. The van der Waals surface area contributed by atoms with Crippen LogP contribution in [-0.2, 0) is 10.9 Å². The Labute approximate surface area is 111 Å². The highest BCUT2D eigenvalue weighted by atomic mass is 19.4. The first kappa shape index (κ1) is 14.2. The van der Waals surface area contributed by atoms with Gasteiger partial charge >= 0.3 is 6.18 Å². The summed E-state index contributed by atoms with van der Waals surface area (Å²) in [6.07, 6.45) is -0.161. The molecule has 5 heteroatoms. The number of anilines is 1. The normalized spacial score (nSPS) is 24.2. The van der Waals surface area contributed by atoms with Gasteiger partial charge in [-0.1, -0.05) is 18.9 Å². The van der Waals surface area contributed by atoms with Gasteiger partial charge in [-0.3, -0.25) is 0 Å². The zero-order valence-electron chi connectivity index (χ0n) is 10.8. The molecule has 0 saturated heterocycles. The number of nitrogens with one attached hydrogen (secondary N) is 1. The standard InChI is InChI=1S/C14H18F3NO/c1-19-13-8-3-2-7-12(13)18-11-6-4-5-10(9-11)14(15,16)17/h4-6,9,12-13,18H,2-3,7-8H2,1H3. The molecular weight excluding hydrogens is 255 g/mol. The van der Waals surface area contributed by atoms with Gasteiger partial charge in [-0.25, -0.2) is 0 Å². The topological polar surface area (TPSA) is 21.3 Å². The molecule has 0 aromatic heterocycles. The molecule has 0 radical (unpaired) electrons. The summed E-state index contributed by atoms with van der Waals surface area (Å²) in [6, 6.07) is 5.41. The van der Waals surface area contributed by atoms with Gasteiger partial charge in [-0.2, -0.15) is 13.2 Å². The quantitative estimate of drug-likeness (QED) is 0.896. The van der Waals surface area contributed by atoms with E-state index in [1.165, 1.54) is 6.07 Å². The van der Waals surface area contributed by atoms with Crippen LogP contribution in [0.15, 0.2) is 24.3 Å². The average Bonchev–Trinajstić information content (AvgIpc) is 2.39. The minimum atomic E-state index is -4.30. The van der Waals surface area contributed by atoms with Crippen LogP contribution in [-0.4, -0.2) is 19.3 Å². The van der Waals surface area contributed by atoms with Crippen molar-refractivity contribution in [3.63, 3.8) is 0 Å². The number of alkyl halides is 3. The molecule has 1 N–H and O–H groups in total. The predicted molar refractivity (Wildman–Crippen MR) is 68.1 cm³/mol. The molecule has 2 rings (SSSR count). The van der Waals surface area contributed by atoms with Crippen molar-refractivity contribution in [2.75, 3.05) is 12.4 Å². The number of halogens is 3. The third-order valence-corrected chi connectivity index (χ3v) is 3.55. The number of benzene rings is 1. The molecule has 2 nitrogen and oxygen atoms in total. The highest BCUT2D eigenvalue weighted by molar-refractivity contribution is 5.47. The van der Waals surface area contributed by atoms with E-state index >= 15 is 0 Å². The SMILES string of the molecule is COC1CCCCC1Nc1cccc(C(F)(F)F)c1. The molecule has 0 aliphatic heterocycles. The lowest BCUT2D eigenvalue weighted by atomic mass is 9.92. The molecule has 2 atom stereocenters. The minimum Gasteiger partial charge on any atom is -0.380 e. The van der Waals surface area contributed by atoms with E-state index < -0.39 is 11.7 Å². The lowest BCUT2D eigenvalue weighted by Gasteiger charge is -2.32. The Morgan fingerprint density at radius 2 is 1.95 bits per heavy atom. The summed E-state index contributed by atoms with van der Waals surface area (Å²) in [5.41, 5.74) is -0.119. The zero-order valence-corrected chi connectivity index (χ0v) is 10.8. The van der Waals surface area contributed by atoms with Crippen molar-refractivity contribution in [3.8, 4) is 0 Å². The molecule has 0 bridgehead atoms. The van der Waals surface area contributed by atoms with Crippen molar-refractivity contribution >= 4 is 5.69 Å². The summed E-state index contributed by atoms with van der Waals surface area (Å²) in [4.78, 5) is 0. The van der Waals surface area contributed by atoms with E-state index in [0.717, 1.165) is 37.8 Å². The van der Waals surface area contributed by atoms with Crippen LogP contribution in [0.5, 0.6) is 0 Å². The van der Waals surface area contributed by atoms with Gasteiger partial charge in [0, 0.05) is 12.8 Å². The monoisotopic (exact) mass is 273 g/mol. The molecule has 0 heterocycles. The summed E-state index contributed by atoms with van der Waals surface area (Å²) in [7, 11) is 1.65. The fourth-order valence-corrected chi connectivity index (χ4v) is 2.54. The smallest absolute Gasteiger partial charge is 0.380 e. The maximum Gasteiger partial charge on any atom is 0.416 e. The van der Waals surface area contributed by atoms with E-state index in [1.807, 2.05) is 0 Å². The van der Waals surface area contributed by atoms with Gasteiger partial charge < -0.3 is 10.1 Å². The van der Waals surface area contributed by atoms with Crippen molar-refractivity contribution in [3.05, 3.63) is 29.8 Å². The highest BCUT2D eigenvalue weighted by Gasteiger charge is 2.31. The van der Waals surface area contributed by atoms with Gasteiger partial charge in [0.05, 0.1) is 17.7 Å². The first-order valence-electron chi connectivity index (χ1n) is 6.47. The van der Waals surface area contributed by atoms with E-state index in [4.69, 9.17) is 4.74 Å². The molecule has 1 saturated carbocycles. The van der Waals surface area contributed by atoms with E-state index in [2.05, 4.69) is 5.32 Å². The molecule has 0 spiro atoms. The molecule has 1 aliphatic carbocycles. The van der Waals surface area contributed by atoms with Gasteiger partial charge in [0.25, 0.3) is 0 Å². The maximum atomic E-state index is 12.6. The fourth-order valence-electron chi connectivity index (χ4n) is 2.54. The second-order valence-electron chi connectivity index (χ2n) is 4.89. The lowest BCUT2D eigenvalue weighted by molar-refractivity contribution is -0.137. The van der Waals surface area contributed by atoms with Crippen LogP contribution in [0.3, 0.4) is 0 Å². The van der Waals surface area contributed by atoms with Crippen LogP contribution in [0, 0.1) is 0 Å². The summed E-state index contributed by atoms with van der Waals surface area (Å²) in [6.45, 7) is 0. The van der Waals surface area contributed by atoms with Gasteiger partial charge in [0.2, 0.25) is 0 Å². The number of hydrogen-bond acceptors (Lipinski definition) is 2. The van der Waals surface area contributed by atoms with Crippen molar-refractivity contribution < 1.29 is 17.9 Å². The first-order chi connectivity index (χ1) is 9.00. The lowest BCUT2D eigenvalue weighted by Crippen LogP contribution is -2.37. The van der Waals surface area contributed by atoms with Gasteiger partial charge in [-0.05, 0) is 31.0 Å². The van der Waals surface area contributed by atoms with E-state index in [0.29, 0.717) is 5.69 Å². The Morgan fingerprint density at radius 3 is 2.63 bits per heavy atom. The van der Waals surface area contributed by atoms with Gasteiger partial charge in [-0.15, -0.1) is 0 Å². The van der Waals surface area contributed by atoms with Crippen LogP contribution in [0.4, 0.5) is 18.9 Å². The van der Waals surface area contributed by atoms with Crippen molar-refractivity contribution in [2.45, 2.75) is 44.0 Å². The number of rotatable bonds is 3. The number of ether oxygens (including phenoxy) is 1. The van der Waals surface area contributed by atoms with Crippen LogP contribution >= 0.6 is 0 Å². The van der Waals surface area contributed by atoms with E-state index in [-0.39, 0.29) is 12.1 Å². The summed E-state index contributed by atoms with van der Waals surface area (Å²) in [5.74, 6) is 0. The molecule has 2 unspecified atom stereocenters. The van der Waals surface area contributed by atoms with Gasteiger partial charge in [0.1, 0.15) is 0 Å². The van der Waals surface area contributed by atoms with Crippen LogP contribution < -0.4 is 5.32 Å². The molecule has 1 aromatic rings. The number of hydrogen-bond donors (Lipinski definition) is 1. The Morgan fingerprint density at radius 1 is 1.21 bits per heavy atom. The second-order valence-corrected chi connectivity index (χ2v) is 4.89. The Balaban J connectivity index is 2.10.